The molecule has 2 heteroatoms. The van der Waals surface area contributed by atoms with E-state index in [1.165, 1.54) is 25.8 Å². The number of nitrogens with zero attached hydrogens (tertiary/aromatic N) is 1. The van der Waals surface area contributed by atoms with Crippen LogP contribution in [0.15, 0.2) is 0 Å². The van der Waals surface area contributed by atoms with Crippen LogP contribution in [0.25, 0.3) is 0 Å². The summed E-state index contributed by atoms with van der Waals surface area (Å²) in [5.41, 5.74) is 0. The second-order valence-electron chi connectivity index (χ2n) is 6.76. The Bertz CT molecular complexity index is 225. The highest BCUT2D eigenvalue weighted by atomic mass is 15.3. The predicted octanol–water partition coefficient (Wildman–Crippen LogP) is 3.52. The van der Waals surface area contributed by atoms with Crippen molar-refractivity contribution in [3.8, 4) is 0 Å². The summed E-state index contributed by atoms with van der Waals surface area (Å²) in [4.78, 5) is 2.78. The highest BCUT2D eigenvalue weighted by molar-refractivity contribution is 4.91. The van der Waals surface area contributed by atoms with Gasteiger partial charge in [0.05, 0.1) is 0 Å². The molecule has 1 aliphatic rings. The zero-order chi connectivity index (χ0) is 13.7. The second kappa shape index (κ2) is 7.49. The minimum atomic E-state index is 0.670. The van der Waals surface area contributed by atoms with E-state index in [1.54, 1.807) is 0 Å². The number of hydrogen-bond acceptors (Lipinski definition) is 2. The molecule has 108 valence electrons. The van der Waals surface area contributed by atoms with Crippen molar-refractivity contribution in [2.75, 3.05) is 13.1 Å². The average Bonchev–Trinajstić information content (AvgIpc) is 2.34. The Morgan fingerprint density at radius 3 is 2.28 bits per heavy atom. The highest BCUT2D eigenvalue weighted by Crippen LogP contribution is 2.22. The van der Waals surface area contributed by atoms with Crippen LogP contribution in [0.5, 0.6) is 0 Å². The van der Waals surface area contributed by atoms with E-state index >= 15 is 0 Å². The van der Waals surface area contributed by atoms with Crippen molar-refractivity contribution in [3.05, 3.63) is 0 Å². The van der Waals surface area contributed by atoms with E-state index in [-0.39, 0.29) is 0 Å². The molecule has 0 aromatic carbocycles. The van der Waals surface area contributed by atoms with Gasteiger partial charge in [0, 0.05) is 31.2 Å². The molecule has 2 nitrogen and oxygen atoms in total. The number of unbranched alkanes of at least 4 members (excludes halogenated alkanes) is 1. The summed E-state index contributed by atoms with van der Waals surface area (Å²) >= 11 is 0. The van der Waals surface area contributed by atoms with E-state index in [0.29, 0.717) is 12.1 Å². The quantitative estimate of drug-likeness (QED) is 0.780. The van der Waals surface area contributed by atoms with Crippen molar-refractivity contribution in [2.45, 2.75) is 78.9 Å². The van der Waals surface area contributed by atoms with E-state index in [2.05, 4.69) is 51.8 Å². The van der Waals surface area contributed by atoms with Crippen molar-refractivity contribution in [3.63, 3.8) is 0 Å². The molecule has 0 amide bonds. The fourth-order valence-corrected chi connectivity index (χ4v) is 3.05. The van der Waals surface area contributed by atoms with Crippen molar-refractivity contribution in [1.82, 2.24) is 10.2 Å². The molecule has 3 atom stereocenters. The number of nitrogens with one attached hydrogen (secondary N) is 1. The Morgan fingerprint density at radius 2 is 1.78 bits per heavy atom. The maximum Gasteiger partial charge on any atom is 0.0247 e. The highest BCUT2D eigenvalue weighted by Gasteiger charge is 2.33. The lowest BCUT2D eigenvalue weighted by atomic mass is 9.92. The zero-order valence-electron chi connectivity index (χ0n) is 13.4. The van der Waals surface area contributed by atoms with E-state index < -0.39 is 0 Å². The fourth-order valence-electron chi connectivity index (χ4n) is 3.05. The second-order valence-corrected chi connectivity index (χ2v) is 6.76. The number of rotatable bonds is 6. The van der Waals surface area contributed by atoms with Crippen LogP contribution >= 0.6 is 0 Å². The summed E-state index contributed by atoms with van der Waals surface area (Å²) in [6, 6.07) is 2.12. The van der Waals surface area contributed by atoms with Gasteiger partial charge in [0.2, 0.25) is 0 Å². The number of piperazine rings is 1. The van der Waals surface area contributed by atoms with Crippen molar-refractivity contribution in [2.24, 2.45) is 11.8 Å². The molecular weight excluding hydrogens is 220 g/mol. The third-order valence-corrected chi connectivity index (χ3v) is 4.54. The molecular formula is C16H34N2. The average molecular weight is 254 g/mol. The lowest BCUT2D eigenvalue weighted by Crippen LogP contribution is -2.61. The third kappa shape index (κ3) is 4.24. The molecule has 1 aliphatic heterocycles. The Balaban J connectivity index is 2.65. The Hall–Kier alpha value is -0.0800. The fraction of sp³-hybridized carbons (Fsp3) is 1.00. The molecule has 1 heterocycles. The van der Waals surface area contributed by atoms with Gasteiger partial charge in [0.15, 0.2) is 0 Å². The van der Waals surface area contributed by atoms with Gasteiger partial charge in [-0.1, -0.05) is 47.5 Å². The van der Waals surface area contributed by atoms with Crippen molar-refractivity contribution < 1.29 is 0 Å². The van der Waals surface area contributed by atoms with Crippen LogP contribution in [0.1, 0.15) is 60.8 Å². The first-order valence-electron chi connectivity index (χ1n) is 7.96. The molecule has 0 aromatic heterocycles. The Kier molecular flexibility index (Phi) is 6.65. The van der Waals surface area contributed by atoms with Gasteiger partial charge in [-0.05, 0) is 25.2 Å². The first-order valence-corrected chi connectivity index (χ1v) is 7.96. The lowest BCUT2D eigenvalue weighted by molar-refractivity contribution is 0.0478. The van der Waals surface area contributed by atoms with E-state index in [0.717, 1.165) is 24.4 Å². The smallest absolute Gasteiger partial charge is 0.0247 e. The van der Waals surface area contributed by atoms with E-state index in [9.17, 15) is 0 Å². The van der Waals surface area contributed by atoms with Crippen LogP contribution in [0.2, 0.25) is 0 Å². The largest absolute Gasteiger partial charge is 0.311 e. The molecule has 1 N–H and O–H groups in total. The summed E-state index contributed by atoms with van der Waals surface area (Å²) in [5, 5.41) is 3.75. The van der Waals surface area contributed by atoms with Crippen LogP contribution in [0.4, 0.5) is 0 Å². The maximum absolute atomic E-state index is 3.75. The Morgan fingerprint density at radius 1 is 1.11 bits per heavy atom. The molecule has 1 fully saturated rings. The molecule has 0 spiro atoms. The van der Waals surface area contributed by atoms with Gasteiger partial charge in [0.1, 0.15) is 0 Å². The molecule has 1 saturated heterocycles. The van der Waals surface area contributed by atoms with Crippen LogP contribution in [0.3, 0.4) is 0 Å². The first kappa shape index (κ1) is 16.0. The molecule has 0 saturated carbocycles. The summed E-state index contributed by atoms with van der Waals surface area (Å²) in [6.07, 6.45) is 4.03. The van der Waals surface area contributed by atoms with Crippen LogP contribution < -0.4 is 5.32 Å². The molecule has 3 unspecified atom stereocenters. The van der Waals surface area contributed by atoms with Gasteiger partial charge < -0.3 is 5.32 Å². The van der Waals surface area contributed by atoms with E-state index in [4.69, 9.17) is 0 Å². The van der Waals surface area contributed by atoms with Gasteiger partial charge in [-0.25, -0.2) is 0 Å². The minimum absolute atomic E-state index is 0.670. The standard InChI is InChI=1S/C16H34N2/c1-7-8-9-14(6)18-11-15(12(2)3)17-10-16(18)13(4)5/h12-17H,7-11H2,1-6H3. The SMILES string of the molecule is CCCCC(C)N1CC(C(C)C)NCC1C(C)C. The summed E-state index contributed by atoms with van der Waals surface area (Å²) < 4.78 is 0. The van der Waals surface area contributed by atoms with Crippen LogP contribution in [-0.4, -0.2) is 36.1 Å². The van der Waals surface area contributed by atoms with Gasteiger partial charge in [-0.15, -0.1) is 0 Å². The van der Waals surface area contributed by atoms with Gasteiger partial charge in [0.25, 0.3) is 0 Å². The Labute approximate surface area is 115 Å². The van der Waals surface area contributed by atoms with Crippen molar-refractivity contribution >= 4 is 0 Å². The normalized spacial score (nSPS) is 28.0. The molecule has 1 rings (SSSR count). The summed E-state index contributed by atoms with van der Waals surface area (Å²) in [7, 11) is 0. The zero-order valence-corrected chi connectivity index (χ0v) is 13.4. The third-order valence-electron chi connectivity index (χ3n) is 4.54. The van der Waals surface area contributed by atoms with Gasteiger partial charge in [-0.2, -0.15) is 0 Å². The molecule has 18 heavy (non-hydrogen) atoms. The molecule has 0 aromatic rings. The first-order chi connectivity index (χ1) is 8.47. The topological polar surface area (TPSA) is 15.3 Å². The molecule has 0 aliphatic carbocycles. The van der Waals surface area contributed by atoms with Gasteiger partial charge in [-0.3, -0.25) is 4.90 Å². The molecule has 0 radical (unpaired) electrons. The minimum Gasteiger partial charge on any atom is -0.311 e. The van der Waals surface area contributed by atoms with Crippen LogP contribution in [-0.2, 0) is 0 Å². The monoisotopic (exact) mass is 254 g/mol. The van der Waals surface area contributed by atoms with Crippen LogP contribution in [0, 0.1) is 11.8 Å². The predicted molar refractivity (Wildman–Crippen MR) is 80.9 cm³/mol. The molecule has 0 bridgehead atoms. The van der Waals surface area contributed by atoms with Crippen molar-refractivity contribution in [1.29, 1.82) is 0 Å². The number of hydrogen-bond donors (Lipinski definition) is 1. The summed E-state index contributed by atoms with van der Waals surface area (Å²) in [6.45, 7) is 16.5. The maximum atomic E-state index is 3.75. The lowest BCUT2D eigenvalue weighted by Gasteiger charge is -2.46. The van der Waals surface area contributed by atoms with Gasteiger partial charge >= 0.3 is 0 Å². The summed E-state index contributed by atoms with van der Waals surface area (Å²) in [5.74, 6) is 1.48. The van der Waals surface area contributed by atoms with E-state index in [1.807, 2.05) is 0 Å².